The summed E-state index contributed by atoms with van der Waals surface area (Å²) in [6.45, 7) is 5.08. The number of benzene rings is 1. The van der Waals surface area contributed by atoms with Crippen LogP contribution < -0.4 is 0 Å². The summed E-state index contributed by atoms with van der Waals surface area (Å²) >= 11 is 1.70. The summed E-state index contributed by atoms with van der Waals surface area (Å²) in [7, 11) is 0. The molecule has 2 heterocycles. The number of unbranched alkanes of at least 4 members (excludes halogenated alkanes) is 1. The number of hydrogen-bond donors (Lipinski definition) is 0. The van der Waals surface area contributed by atoms with Crippen molar-refractivity contribution in [2.24, 2.45) is 0 Å². The van der Waals surface area contributed by atoms with Crippen molar-refractivity contribution in [2.75, 3.05) is 0 Å². The Bertz CT molecular complexity index is 807. The predicted octanol–water partition coefficient (Wildman–Crippen LogP) is 4.69. The van der Waals surface area contributed by atoms with Crippen LogP contribution in [-0.2, 0) is 6.54 Å². The largest absolute Gasteiger partial charge is 0.323 e. The van der Waals surface area contributed by atoms with Gasteiger partial charge in [-0.25, -0.2) is 4.98 Å². The van der Waals surface area contributed by atoms with E-state index in [0.717, 1.165) is 24.3 Å². The van der Waals surface area contributed by atoms with Crippen molar-refractivity contribution >= 4 is 22.4 Å². The number of thiophene rings is 1. The van der Waals surface area contributed by atoms with E-state index in [1.54, 1.807) is 11.3 Å². The van der Waals surface area contributed by atoms with Gasteiger partial charge in [0.05, 0.1) is 22.0 Å². The predicted molar refractivity (Wildman–Crippen MR) is 87.4 cm³/mol. The highest BCUT2D eigenvalue weighted by atomic mass is 32.1. The third-order valence-corrected chi connectivity index (χ3v) is 4.64. The van der Waals surface area contributed by atoms with Gasteiger partial charge in [-0.05, 0) is 55.0 Å². The Kier molecular flexibility index (Phi) is 3.76. The third kappa shape index (κ3) is 2.57. The number of aromatic nitrogens is 2. The van der Waals surface area contributed by atoms with Crippen molar-refractivity contribution in [3.8, 4) is 16.8 Å². The van der Waals surface area contributed by atoms with Gasteiger partial charge in [0.1, 0.15) is 0 Å². The first-order valence-electron chi connectivity index (χ1n) is 7.09. The Labute approximate surface area is 128 Å². The molecule has 0 saturated carbocycles. The first-order valence-corrected chi connectivity index (χ1v) is 7.97. The van der Waals surface area contributed by atoms with Gasteiger partial charge < -0.3 is 4.57 Å². The second-order valence-electron chi connectivity index (χ2n) is 5.25. The van der Waals surface area contributed by atoms with Gasteiger partial charge in [0, 0.05) is 13.0 Å². The minimum atomic E-state index is 0.578. The fourth-order valence-corrected chi connectivity index (χ4v) is 3.24. The van der Waals surface area contributed by atoms with Crippen molar-refractivity contribution in [1.82, 2.24) is 9.55 Å². The molecule has 0 radical (unpaired) electrons. The molecule has 0 atom stereocenters. The molecule has 0 amide bonds. The summed E-state index contributed by atoms with van der Waals surface area (Å²) in [6, 6.07) is 10.7. The van der Waals surface area contributed by atoms with Gasteiger partial charge in [-0.3, -0.25) is 0 Å². The van der Waals surface area contributed by atoms with E-state index < -0.39 is 0 Å². The maximum atomic E-state index is 8.77. The molecular formula is C17H17N3S. The molecule has 4 heteroatoms. The molecule has 0 saturated heterocycles. The standard InChI is InChI=1S/C17H17N3S/c1-12-10-14-15(11-13(12)2)20(8-4-3-7-18)17(19-14)16-6-5-9-21-16/h5-6,9-11H,3-4,8H2,1-2H3. The molecule has 3 nitrogen and oxygen atoms in total. The monoisotopic (exact) mass is 295 g/mol. The number of imidazole rings is 1. The van der Waals surface area contributed by atoms with E-state index in [2.05, 4.69) is 54.1 Å². The Morgan fingerprint density at radius 3 is 2.81 bits per heavy atom. The molecule has 0 aliphatic carbocycles. The normalized spacial score (nSPS) is 10.9. The number of fused-ring (bicyclic) bond motifs is 1. The van der Waals surface area contributed by atoms with Gasteiger partial charge in [-0.15, -0.1) is 11.3 Å². The topological polar surface area (TPSA) is 41.6 Å². The highest BCUT2D eigenvalue weighted by Crippen LogP contribution is 2.30. The van der Waals surface area contributed by atoms with Gasteiger partial charge >= 0.3 is 0 Å². The molecule has 106 valence electrons. The quantitative estimate of drug-likeness (QED) is 0.655. The zero-order valence-corrected chi connectivity index (χ0v) is 13.1. The summed E-state index contributed by atoms with van der Waals surface area (Å²) in [5.41, 5.74) is 4.75. The lowest BCUT2D eigenvalue weighted by atomic mass is 10.1. The van der Waals surface area contributed by atoms with Gasteiger partial charge in [-0.1, -0.05) is 6.07 Å². The number of hydrogen-bond acceptors (Lipinski definition) is 3. The van der Waals surface area contributed by atoms with Crippen LogP contribution in [0.15, 0.2) is 29.6 Å². The second kappa shape index (κ2) is 5.71. The first kappa shape index (κ1) is 13.8. The van der Waals surface area contributed by atoms with Crippen LogP contribution in [0.3, 0.4) is 0 Å². The van der Waals surface area contributed by atoms with E-state index in [0.29, 0.717) is 6.42 Å². The lowest BCUT2D eigenvalue weighted by Crippen LogP contribution is -2.00. The number of rotatable bonds is 4. The summed E-state index contributed by atoms with van der Waals surface area (Å²) in [5, 5.41) is 10.8. The fraction of sp³-hybridized carbons (Fsp3) is 0.294. The second-order valence-corrected chi connectivity index (χ2v) is 6.20. The van der Waals surface area contributed by atoms with Gasteiger partial charge in [0.15, 0.2) is 5.82 Å². The van der Waals surface area contributed by atoms with E-state index in [-0.39, 0.29) is 0 Å². The molecule has 0 N–H and O–H groups in total. The van der Waals surface area contributed by atoms with Crippen LogP contribution in [0, 0.1) is 25.2 Å². The van der Waals surface area contributed by atoms with Crippen LogP contribution in [0.4, 0.5) is 0 Å². The van der Waals surface area contributed by atoms with E-state index in [9.17, 15) is 0 Å². The zero-order valence-electron chi connectivity index (χ0n) is 12.3. The zero-order chi connectivity index (χ0) is 14.8. The summed E-state index contributed by atoms with van der Waals surface area (Å²) in [6.07, 6.45) is 1.43. The van der Waals surface area contributed by atoms with Crippen LogP contribution in [0.2, 0.25) is 0 Å². The first-order chi connectivity index (χ1) is 10.2. The molecule has 0 aliphatic rings. The molecule has 2 aromatic heterocycles. The third-order valence-electron chi connectivity index (χ3n) is 3.78. The van der Waals surface area contributed by atoms with Crippen LogP contribution in [0.25, 0.3) is 21.7 Å². The van der Waals surface area contributed by atoms with E-state index >= 15 is 0 Å². The molecule has 3 rings (SSSR count). The molecule has 21 heavy (non-hydrogen) atoms. The smallest absolute Gasteiger partial charge is 0.151 e. The van der Waals surface area contributed by atoms with Crippen molar-refractivity contribution in [1.29, 1.82) is 5.26 Å². The van der Waals surface area contributed by atoms with Crippen LogP contribution in [0.5, 0.6) is 0 Å². The lowest BCUT2D eigenvalue weighted by molar-refractivity contribution is 0.676. The van der Waals surface area contributed by atoms with Crippen molar-refractivity contribution < 1.29 is 0 Å². The minimum Gasteiger partial charge on any atom is -0.323 e. The summed E-state index contributed by atoms with van der Waals surface area (Å²) in [5.74, 6) is 1.02. The van der Waals surface area contributed by atoms with Crippen molar-refractivity contribution in [3.05, 3.63) is 40.8 Å². The Balaban J connectivity index is 2.16. The molecule has 0 unspecified atom stereocenters. The molecule has 3 aromatic rings. The van der Waals surface area contributed by atoms with Gasteiger partial charge in [0.25, 0.3) is 0 Å². The average molecular weight is 295 g/mol. The Morgan fingerprint density at radius 1 is 1.29 bits per heavy atom. The number of nitrogens with zero attached hydrogens (tertiary/aromatic N) is 3. The average Bonchev–Trinajstić information content (AvgIpc) is 3.09. The van der Waals surface area contributed by atoms with Gasteiger partial charge in [-0.2, -0.15) is 5.26 Å². The fourth-order valence-electron chi connectivity index (χ4n) is 2.52. The Morgan fingerprint density at radius 2 is 2.10 bits per heavy atom. The molecular weight excluding hydrogens is 278 g/mol. The molecule has 0 aliphatic heterocycles. The molecule has 0 bridgehead atoms. The SMILES string of the molecule is Cc1cc2nc(-c3cccs3)n(CCCC#N)c2cc1C. The van der Waals surface area contributed by atoms with Crippen LogP contribution in [0.1, 0.15) is 24.0 Å². The van der Waals surface area contributed by atoms with Crippen molar-refractivity contribution in [2.45, 2.75) is 33.2 Å². The maximum absolute atomic E-state index is 8.77. The summed E-state index contributed by atoms with van der Waals surface area (Å²) < 4.78 is 2.25. The van der Waals surface area contributed by atoms with Crippen molar-refractivity contribution in [3.63, 3.8) is 0 Å². The van der Waals surface area contributed by atoms with Crippen LogP contribution >= 0.6 is 11.3 Å². The van der Waals surface area contributed by atoms with E-state index in [4.69, 9.17) is 10.2 Å². The van der Waals surface area contributed by atoms with Crippen LogP contribution in [-0.4, -0.2) is 9.55 Å². The number of nitriles is 1. The van der Waals surface area contributed by atoms with E-state index in [1.165, 1.54) is 21.5 Å². The lowest BCUT2D eigenvalue weighted by Gasteiger charge is -2.08. The molecule has 0 spiro atoms. The molecule has 0 fully saturated rings. The maximum Gasteiger partial charge on any atom is 0.151 e. The van der Waals surface area contributed by atoms with E-state index in [1.807, 2.05) is 0 Å². The molecule has 1 aromatic carbocycles. The minimum absolute atomic E-state index is 0.578. The van der Waals surface area contributed by atoms with Gasteiger partial charge in [0.2, 0.25) is 0 Å². The Hall–Kier alpha value is -2.12. The highest BCUT2D eigenvalue weighted by molar-refractivity contribution is 7.13. The highest BCUT2D eigenvalue weighted by Gasteiger charge is 2.14. The number of aryl methyl sites for hydroxylation is 3. The summed E-state index contributed by atoms with van der Waals surface area (Å²) in [4.78, 5) is 6.01.